The van der Waals surface area contributed by atoms with Crippen LogP contribution in [0, 0.1) is 17.9 Å². The first-order chi connectivity index (χ1) is 20.3. The molecule has 0 fully saturated rings. The van der Waals surface area contributed by atoms with Crippen LogP contribution in [0.2, 0.25) is 0 Å². The molecule has 10 heteroatoms. The number of benzene rings is 3. The number of hydrogen-bond donors (Lipinski definition) is 2. The Kier molecular flexibility index (Phi) is 11.1. The van der Waals surface area contributed by atoms with Crippen LogP contribution in [0.4, 0.5) is 0 Å². The fourth-order valence-electron chi connectivity index (χ4n) is 3.91. The third-order valence-electron chi connectivity index (χ3n) is 6.05. The van der Waals surface area contributed by atoms with Gasteiger partial charge in [0.1, 0.15) is 11.6 Å². The number of carbonyl (C=O) groups excluding carboxylic acids is 2. The van der Waals surface area contributed by atoms with E-state index < -0.39 is 11.8 Å². The number of methoxy groups -OCH3 is 4. The fraction of sp³-hybridized carbons (Fsp3) is 0.188. The Morgan fingerprint density at radius 2 is 1.26 bits per heavy atom. The molecular formula is C32H30N4O6. The van der Waals surface area contributed by atoms with E-state index in [0.717, 1.165) is 11.1 Å². The molecule has 0 saturated carbocycles. The minimum atomic E-state index is -0.534. The zero-order valence-corrected chi connectivity index (χ0v) is 23.7. The topological polar surface area (TPSA) is 123 Å². The van der Waals surface area contributed by atoms with E-state index in [4.69, 9.17) is 25.5 Å². The van der Waals surface area contributed by atoms with Crippen molar-refractivity contribution in [1.29, 1.82) is 5.26 Å². The Bertz CT molecular complexity index is 1480. The van der Waals surface area contributed by atoms with Crippen molar-refractivity contribution >= 4 is 24.0 Å². The summed E-state index contributed by atoms with van der Waals surface area (Å²) in [6.45, 7) is 7.78. The Hall–Kier alpha value is -5.74. The van der Waals surface area contributed by atoms with Crippen molar-refractivity contribution in [3.8, 4) is 29.1 Å². The molecule has 0 aliphatic rings. The van der Waals surface area contributed by atoms with Gasteiger partial charge in [-0.15, -0.1) is 0 Å². The highest BCUT2D eigenvalue weighted by atomic mass is 16.5. The number of carbonyl (C=O) groups is 2. The molecule has 0 bridgehead atoms. The van der Waals surface area contributed by atoms with Gasteiger partial charge in [0.2, 0.25) is 0 Å². The highest BCUT2D eigenvalue weighted by molar-refractivity contribution is 6.01. The van der Waals surface area contributed by atoms with Crippen LogP contribution in [0.15, 0.2) is 71.9 Å². The average Bonchev–Trinajstić information content (AvgIpc) is 3.03. The molecule has 0 spiro atoms. The molecule has 0 atom stereocenters. The first kappa shape index (κ1) is 30.8. The van der Waals surface area contributed by atoms with Gasteiger partial charge in [0.25, 0.3) is 17.5 Å². The summed E-state index contributed by atoms with van der Waals surface area (Å²) in [5.74, 6) is 0.974. The molecule has 2 amide bonds. The molecule has 0 radical (unpaired) electrons. The van der Waals surface area contributed by atoms with E-state index in [-0.39, 0.29) is 24.4 Å². The smallest absolute Gasteiger partial charge is 0.262 e. The zero-order valence-electron chi connectivity index (χ0n) is 23.7. The molecule has 0 aromatic heterocycles. The number of amides is 2. The van der Waals surface area contributed by atoms with Crippen LogP contribution in [-0.4, -0.2) is 40.3 Å². The van der Waals surface area contributed by atoms with E-state index in [1.165, 1.54) is 40.6 Å². The predicted octanol–water partition coefficient (Wildman–Crippen LogP) is 4.52. The predicted molar refractivity (Wildman–Crippen MR) is 157 cm³/mol. The quantitative estimate of drug-likeness (QED) is 0.188. The molecule has 0 saturated heterocycles. The highest BCUT2D eigenvalue weighted by Gasteiger charge is 2.13. The van der Waals surface area contributed by atoms with Gasteiger partial charge < -0.3 is 29.6 Å². The third kappa shape index (κ3) is 8.13. The van der Waals surface area contributed by atoms with Crippen LogP contribution in [0.1, 0.15) is 22.3 Å². The largest absolute Gasteiger partial charge is 0.493 e. The lowest BCUT2D eigenvalue weighted by molar-refractivity contribution is -0.118. The van der Waals surface area contributed by atoms with Gasteiger partial charge in [0.15, 0.2) is 23.0 Å². The van der Waals surface area contributed by atoms with Crippen molar-refractivity contribution in [2.24, 2.45) is 0 Å². The lowest BCUT2D eigenvalue weighted by Gasteiger charge is -2.10. The number of nitrogens with one attached hydrogen (secondary N) is 2. The van der Waals surface area contributed by atoms with E-state index in [2.05, 4.69) is 15.5 Å². The van der Waals surface area contributed by atoms with Crippen molar-refractivity contribution in [3.63, 3.8) is 0 Å². The second-order valence-electron chi connectivity index (χ2n) is 8.73. The maximum Gasteiger partial charge on any atom is 0.262 e. The van der Waals surface area contributed by atoms with Crippen LogP contribution in [0.5, 0.6) is 23.0 Å². The molecule has 3 aromatic rings. The zero-order chi connectivity index (χ0) is 30.5. The minimum Gasteiger partial charge on any atom is -0.493 e. The fourth-order valence-corrected chi connectivity index (χ4v) is 3.91. The van der Waals surface area contributed by atoms with Crippen molar-refractivity contribution < 1.29 is 28.5 Å². The maximum absolute atomic E-state index is 12.7. The molecule has 2 N–H and O–H groups in total. The van der Waals surface area contributed by atoms with Crippen LogP contribution in [-0.2, 0) is 22.7 Å². The van der Waals surface area contributed by atoms with Gasteiger partial charge in [0, 0.05) is 13.1 Å². The summed E-state index contributed by atoms with van der Waals surface area (Å²) in [5.41, 5.74) is 2.60. The molecule has 0 aliphatic heterocycles. The summed E-state index contributed by atoms with van der Waals surface area (Å²) in [7, 11) is 6.06. The first-order valence-electron chi connectivity index (χ1n) is 12.6. The van der Waals surface area contributed by atoms with Gasteiger partial charge in [0.05, 0.1) is 35.0 Å². The second-order valence-corrected chi connectivity index (χ2v) is 8.73. The van der Waals surface area contributed by atoms with E-state index in [1.807, 2.05) is 24.3 Å². The summed E-state index contributed by atoms with van der Waals surface area (Å²) in [4.78, 5) is 28.8. The summed E-state index contributed by atoms with van der Waals surface area (Å²) < 4.78 is 21.0. The van der Waals surface area contributed by atoms with E-state index in [1.54, 1.807) is 42.5 Å². The van der Waals surface area contributed by atoms with Crippen LogP contribution in [0.3, 0.4) is 0 Å². The van der Waals surface area contributed by atoms with Gasteiger partial charge >= 0.3 is 0 Å². The van der Waals surface area contributed by atoms with E-state index in [0.29, 0.717) is 34.1 Å². The molecule has 3 rings (SSSR count). The SMILES string of the molecule is [C-]#[N+]/C(=C/c1ccc(OC)c(OC)c1)C(=O)NCc1cccc(CNC(=O)/C(C#N)=C\c2ccc(OC)c(OC)c2)c1. The molecule has 0 unspecified atom stereocenters. The van der Waals surface area contributed by atoms with Crippen LogP contribution in [0.25, 0.3) is 17.0 Å². The molecule has 42 heavy (non-hydrogen) atoms. The standard InChI is InChI=1S/C32H30N4O6/c1-34-26(15-22-10-12-28(40-3)30(17-22)42-5)32(38)36-20-24-8-6-7-23(13-24)19-35-31(37)25(18-33)14-21-9-11-27(39-2)29(16-21)41-4/h6-17H,19-20H2,2-5H3,(H,35,37)(H,36,38)/b25-14-,26-15+. The highest BCUT2D eigenvalue weighted by Crippen LogP contribution is 2.29. The van der Waals surface area contributed by atoms with Crippen molar-refractivity contribution in [2.75, 3.05) is 28.4 Å². The van der Waals surface area contributed by atoms with Gasteiger partial charge in [-0.25, -0.2) is 4.85 Å². The Morgan fingerprint density at radius 1 is 0.762 bits per heavy atom. The Balaban J connectivity index is 1.63. The number of nitrogens with zero attached hydrogens (tertiary/aromatic N) is 2. The normalized spacial score (nSPS) is 11.0. The van der Waals surface area contributed by atoms with E-state index in [9.17, 15) is 14.9 Å². The molecule has 3 aromatic carbocycles. The minimum absolute atomic E-state index is 0.0708. The molecule has 10 nitrogen and oxygen atoms in total. The second kappa shape index (κ2) is 15.2. The number of hydrogen-bond acceptors (Lipinski definition) is 7. The van der Waals surface area contributed by atoms with Crippen molar-refractivity contribution in [2.45, 2.75) is 13.1 Å². The van der Waals surface area contributed by atoms with Crippen LogP contribution >= 0.6 is 0 Å². The average molecular weight is 567 g/mol. The lowest BCUT2D eigenvalue weighted by atomic mass is 10.1. The molecular weight excluding hydrogens is 536 g/mol. The molecule has 0 aliphatic carbocycles. The Labute approximate surface area is 244 Å². The summed E-state index contributed by atoms with van der Waals surface area (Å²) in [6.07, 6.45) is 2.94. The van der Waals surface area contributed by atoms with E-state index >= 15 is 0 Å². The summed E-state index contributed by atoms with van der Waals surface area (Å²) in [5, 5.41) is 15.0. The number of rotatable bonds is 12. The first-order valence-corrected chi connectivity index (χ1v) is 12.6. The summed E-state index contributed by atoms with van der Waals surface area (Å²) in [6, 6.07) is 19.3. The van der Waals surface area contributed by atoms with Gasteiger partial charge in [-0.05, 0) is 58.7 Å². The Morgan fingerprint density at radius 3 is 1.74 bits per heavy atom. The van der Waals surface area contributed by atoms with Crippen molar-refractivity contribution in [1.82, 2.24) is 10.6 Å². The van der Waals surface area contributed by atoms with Crippen LogP contribution < -0.4 is 29.6 Å². The third-order valence-corrected chi connectivity index (χ3v) is 6.05. The molecule has 214 valence electrons. The number of ether oxygens (including phenoxy) is 4. The monoisotopic (exact) mass is 566 g/mol. The number of nitriles is 1. The maximum atomic E-state index is 12.7. The molecule has 0 heterocycles. The van der Waals surface area contributed by atoms with Gasteiger partial charge in [-0.2, -0.15) is 5.26 Å². The summed E-state index contributed by atoms with van der Waals surface area (Å²) >= 11 is 0. The van der Waals surface area contributed by atoms with Gasteiger partial charge in [-0.3, -0.25) is 9.59 Å². The van der Waals surface area contributed by atoms with Gasteiger partial charge in [-0.1, -0.05) is 36.4 Å². The van der Waals surface area contributed by atoms with Crippen molar-refractivity contribution in [3.05, 3.63) is 106 Å². The lowest BCUT2D eigenvalue weighted by Crippen LogP contribution is -2.25.